The van der Waals surface area contributed by atoms with Gasteiger partial charge in [-0.15, -0.1) is 0 Å². The molecule has 1 aromatic carbocycles. The van der Waals surface area contributed by atoms with Crippen LogP contribution >= 0.6 is 0 Å². The van der Waals surface area contributed by atoms with Gasteiger partial charge < -0.3 is 9.84 Å². The lowest BCUT2D eigenvalue weighted by atomic mass is 9.78. The van der Waals surface area contributed by atoms with Crippen LogP contribution in [0.3, 0.4) is 0 Å². The number of esters is 1. The molecule has 0 aliphatic carbocycles. The van der Waals surface area contributed by atoms with Gasteiger partial charge in [-0.25, -0.2) is 4.79 Å². The molecule has 1 aliphatic heterocycles. The van der Waals surface area contributed by atoms with E-state index in [0.717, 1.165) is 12.8 Å². The average molecular weight is 319 g/mol. The molecule has 0 amide bonds. The van der Waals surface area contributed by atoms with Crippen molar-refractivity contribution in [1.29, 1.82) is 0 Å². The molecule has 0 radical (unpaired) electrons. The molecule has 0 unspecified atom stereocenters. The second kappa shape index (κ2) is 5.82. The number of ether oxygens (including phenoxy) is 1. The second-order valence-electron chi connectivity index (χ2n) is 8.08. The van der Waals surface area contributed by atoms with Gasteiger partial charge in [-0.05, 0) is 71.8 Å². The SMILES string of the molecule is Cc1cc(C(=O)OC2CC(C)(C)N(C)C(C)(C)C2)cc(C)c1O. The summed E-state index contributed by atoms with van der Waals surface area (Å²) in [6, 6.07) is 3.38. The minimum Gasteiger partial charge on any atom is -0.507 e. The topological polar surface area (TPSA) is 49.8 Å². The maximum absolute atomic E-state index is 12.5. The van der Waals surface area contributed by atoms with E-state index >= 15 is 0 Å². The minimum absolute atomic E-state index is 0.0204. The van der Waals surface area contributed by atoms with Crippen LogP contribution < -0.4 is 0 Å². The van der Waals surface area contributed by atoms with E-state index in [0.29, 0.717) is 16.7 Å². The highest BCUT2D eigenvalue weighted by Gasteiger charge is 2.44. The van der Waals surface area contributed by atoms with Gasteiger partial charge in [0.25, 0.3) is 0 Å². The van der Waals surface area contributed by atoms with Crippen molar-refractivity contribution in [3.8, 4) is 5.75 Å². The Morgan fingerprint density at radius 2 is 1.57 bits per heavy atom. The molecule has 0 atom stereocenters. The van der Waals surface area contributed by atoms with Gasteiger partial charge in [-0.1, -0.05) is 0 Å². The van der Waals surface area contributed by atoms with Crippen LogP contribution in [-0.4, -0.2) is 40.2 Å². The number of benzene rings is 1. The Kier molecular flexibility index (Phi) is 4.51. The summed E-state index contributed by atoms with van der Waals surface area (Å²) in [7, 11) is 2.13. The summed E-state index contributed by atoms with van der Waals surface area (Å²) in [6.07, 6.45) is 1.53. The number of hydrogen-bond donors (Lipinski definition) is 1. The third-order valence-corrected chi connectivity index (χ3v) is 5.27. The molecular formula is C19H29NO3. The number of phenolic OH excluding ortho intramolecular Hbond substituents is 1. The number of aromatic hydroxyl groups is 1. The number of nitrogens with zero attached hydrogens (tertiary/aromatic N) is 1. The second-order valence-corrected chi connectivity index (χ2v) is 8.08. The molecule has 1 N–H and O–H groups in total. The lowest BCUT2D eigenvalue weighted by Gasteiger charge is -2.53. The van der Waals surface area contributed by atoms with Crippen LogP contribution in [0.2, 0.25) is 0 Å². The van der Waals surface area contributed by atoms with E-state index < -0.39 is 0 Å². The smallest absolute Gasteiger partial charge is 0.338 e. The van der Waals surface area contributed by atoms with E-state index in [1.807, 2.05) is 0 Å². The number of phenols is 1. The molecule has 1 heterocycles. The van der Waals surface area contributed by atoms with Crippen LogP contribution in [0.5, 0.6) is 5.75 Å². The molecule has 2 rings (SSSR count). The Bertz CT molecular complexity index is 578. The van der Waals surface area contributed by atoms with Crippen LogP contribution in [0, 0.1) is 13.8 Å². The molecule has 1 aromatic rings. The molecular weight excluding hydrogens is 290 g/mol. The predicted octanol–water partition coefficient (Wildman–Crippen LogP) is 3.82. The first kappa shape index (κ1) is 17.8. The van der Waals surface area contributed by atoms with Crippen molar-refractivity contribution in [2.45, 2.75) is 71.6 Å². The van der Waals surface area contributed by atoms with Crippen molar-refractivity contribution < 1.29 is 14.6 Å². The van der Waals surface area contributed by atoms with Crippen LogP contribution in [0.4, 0.5) is 0 Å². The van der Waals surface area contributed by atoms with Crippen LogP contribution in [0.15, 0.2) is 12.1 Å². The Morgan fingerprint density at radius 3 is 2.00 bits per heavy atom. The number of carbonyl (C=O) groups excluding carboxylic acids is 1. The number of rotatable bonds is 2. The fraction of sp³-hybridized carbons (Fsp3) is 0.632. The fourth-order valence-electron chi connectivity index (χ4n) is 3.66. The van der Waals surface area contributed by atoms with Crippen LogP contribution in [-0.2, 0) is 4.74 Å². The van der Waals surface area contributed by atoms with E-state index in [1.165, 1.54) is 0 Å². The van der Waals surface area contributed by atoms with Gasteiger partial charge in [0.1, 0.15) is 11.9 Å². The summed E-state index contributed by atoms with van der Waals surface area (Å²) in [5.74, 6) is -0.0690. The molecule has 0 bridgehead atoms. The summed E-state index contributed by atoms with van der Waals surface area (Å²) in [5, 5.41) is 9.84. The van der Waals surface area contributed by atoms with Crippen molar-refractivity contribution in [2.24, 2.45) is 0 Å². The molecule has 128 valence electrons. The first-order chi connectivity index (χ1) is 10.4. The van der Waals surface area contributed by atoms with Crippen molar-refractivity contribution in [3.05, 3.63) is 28.8 Å². The number of carbonyl (C=O) groups is 1. The van der Waals surface area contributed by atoms with E-state index in [9.17, 15) is 9.90 Å². The van der Waals surface area contributed by atoms with Crippen molar-refractivity contribution in [3.63, 3.8) is 0 Å². The monoisotopic (exact) mass is 319 g/mol. The maximum atomic E-state index is 12.5. The zero-order valence-corrected chi connectivity index (χ0v) is 15.4. The Labute approximate surface area is 139 Å². The molecule has 1 saturated heterocycles. The van der Waals surface area contributed by atoms with Gasteiger partial charge in [-0.2, -0.15) is 0 Å². The first-order valence-electron chi connectivity index (χ1n) is 8.19. The normalized spacial score (nSPS) is 21.2. The molecule has 0 spiro atoms. The lowest BCUT2D eigenvalue weighted by Crippen LogP contribution is -2.60. The highest BCUT2D eigenvalue weighted by molar-refractivity contribution is 5.90. The molecule has 0 saturated carbocycles. The van der Waals surface area contributed by atoms with Gasteiger partial charge in [0, 0.05) is 23.9 Å². The van der Waals surface area contributed by atoms with Gasteiger partial charge in [0.15, 0.2) is 0 Å². The summed E-state index contributed by atoms with van der Waals surface area (Å²) in [6.45, 7) is 12.3. The van der Waals surface area contributed by atoms with Gasteiger partial charge in [-0.3, -0.25) is 4.90 Å². The molecule has 1 aliphatic rings. The predicted molar refractivity (Wildman–Crippen MR) is 91.9 cm³/mol. The van der Waals surface area contributed by atoms with E-state index in [-0.39, 0.29) is 28.9 Å². The Hall–Kier alpha value is -1.55. The summed E-state index contributed by atoms with van der Waals surface area (Å²) in [4.78, 5) is 14.9. The Morgan fingerprint density at radius 1 is 1.13 bits per heavy atom. The Balaban J connectivity index is 2.18. The van der Waals surface area contributed by atoms with Crippen molar-refractivity contribution >= 4 is 5.97 Å². The average Bonchev–Trinajstić information content (AvgIpc) is 2.40. The van der Waals surface area contributed by atoms with Gasteiger partial charge in [0.2, 0.25) is 0 Å². The van der Waals surface area contributed by atoms with E-state index in [1.54, 1.807) is 26.0 Å². The molecule has 4 nitrogen and oxygen atoms in total. The number of likely N-dealkylation sites (tertiary alicyclic amines) is 1. The van der Waals surface area contributed by atoms with Gasteiger partial charge in [0.05, 0.1) is 5.56 Å². The highest BCUT2D eigenvalue weighted by atomic mass is 16.5. The maximum Gasteiger partial charge on any atom is 0.338 e. The highest BCUT2D eigenvalue weighted by Crippen LogP contribution is 2.38. The van der Waals surface area contributed by atoms with Crippen LogP contribution in [0.25, 0.3) is 0 Å². The summed E-state index contributed by atoms with van der Waals surface area (Å²) >= 11 is 0. The third kappa shape index (κ3) is 3.52. The largest absolute Gasteiger partial charge is 0.507 e. The zero-order chi connectivity index (χ0) is 17.6. The van der Waals surface area contributed by atoms with E-state index in [4.69, 9.17) is 4.74 Å². The number of aryl methyl sites for hydroxylation is 2. The first-order valence-corrected chi connectivity index (χ1v) is 8.19. The molecule has 0 aromatic heterocycles. The summed E-state index contributed by atoms with van der Waals surface area (Å²) in [5.41, 5.74) is 1.86. The van der Waals surface area contributed by atoms with E-state index in [2.05, 4.69) is 39.6 Å². The third-order valence-electron chi connectivity index (χ3n) is 5.27. The summed E-state index contributed by atoms with van der Waals surface area (Å²) < 4.78 is 5.80. The fourth-order valence-corrected chi connectivity index (χ4v) is 3.66. The minimum atomic E-state index is -0.308. The van der Waals surface area contributed by atoms with Crippen LogP contribution in [0.1, 0.15) is 62.0 Å². The van der Waals surface area contributed by atoms with Gasteiger partial charge >= 0.3 is 5.97 Å². The zero-order valence-electron chi connectivity index (χ0n) is 15.4. The van der Waals surface area contributed by atoms with Crippen molar-refractivity contribution in [1.82, 2.24) is 4.90 Å². The lowest BCUT2D eigenvalue weighted by molar-refractivity contribution is -0.0732. The number of hydrogen-bond acceptors (Lipinski definition) is 4. The van der Waals surface area contributed by atoms with Crippen molar-refractivity contribution in [2.75, 3.05) is 7.05 Å². The standard InChI is InChI=1S/C19H29NO3/c1-12-8-14(9-13(2)16(12)21)17(22)23-15-10-18(3,4)20(7)19(5,6)11-15/h8-9,15,21H,10-11H2,1-7H3. The molecule has 1 fully saturated rings. The quantitative estimate of drug-likeness (QED) is 0.842. The molecule has 4 heteroatoms. The number of piperidine rings is 1. The molecule has 23 heavy (non-hydrogen) atoms.